The molecule has 7 heteroatoms. The maximum absolute atomic E-state index is 9.92. The van der Waals surface area contributed by atoms with E-state index < -0.39 is 6.10 Å². The Morgan fingerprint density at radius 2 is 1.86 bits per heavy atom. The zero-order valence-electron chi connectivity index (χ0n) is 16.4. The van der Waals surface area contributed by atoms with Crippen molar-refractivity contribution in [1.82, 2.24) is 19.7 Å². The molecule has 0 saturated heterocycles. The van der Waals surface area contributed by atoms with Crippen LogP contribution in [0.1, 0.15) is 5.56 Å². The predicted octanol–water partition coefficient (Wildman–Crippen LogP) is 2.04. The Kier molecular flexibility index (Phi) is 6.41. The average Bonchev–Trinajstić information content (AvgIpc) is 3.11. The lowest BCUT2D eigenvalue weighted by atomic mass is 10.1. The van der Waals surface area contributed by atoms with Gasteiger partial charge in [0, 0.05) is 17.7 Å². The van der Waals surface area contributed by atoms with Gasteiger partial charge in [0.05, 0.1) is 26.4 Å². The summed E-state index contributed by atoms with van der Waals surface area (Å²) in [7, 11) is 5.67. The first-order chi connectivity index (χ1) is 13.5. The van der Waals surface area contributed by atoms with E-state index in [9.17, 15) is 10.2 Å². The van der Waals surface area contributed by atoms with Crippen molar-refractivity contribution in [2.24, 2.45) is 0 Å². The van der Waals surface area contributed by atoms with Crippen LogP contribution >= 0.6 is 0 Å². The van der Waals surface area contributed by atoms with Crippen molar-refractivity contribution >= 4 is 0 Å². The Morgan fingerprint density at radius 1 is 1.11 bits per heavy atom. The molecule has 0 bridgehead atoms. The van der Waals surface area contributed by atoms with Gasteiger partial charge in [0.2, 0.25) is 0 Å². The van der Waals surface area contributed by atoms with Crippen LogP contribution in [0.3, 0.4) is 0 Å². The van der Waals surface area contributed by atoms with Gasteiger partial charge in [-0.25, -0.2) is 9.67 Å². The molecule has 1 atom stereocenters. The third kappa shape index (κ3) is 4.75. The molecule has 2 N–H and O–H groups in total. The summed E-state index contributed by atoms with van der Waals surface area (Å²) >= 11 is 0. The van der Waals surface area contributed by atoms with E-state index in [1.54, 1.807) is 11.8 Å². The van der Waals surface area contributed by atoms with E-state index in [1.165, 1.54) is 5.56 Å². The highest BCUT2D eigenvalue weighted by atomic mass is 16.5. The third-order valence-corrected chi connectivity index (χ3v) is 4.30. The summed E-state index contributed by atoms with van der Waals surface area (Å²) in [5, 5.41) is 23.8. The second kappa shape index (κ2) is 8.97. The van der Waals surface area contributed by atoms with E-state index in [1.807, 2.05) is 50.5 Å². The summed E-state index contributed by atoms with van der Waals surface area (Å²) in [4.78, 5) is 6.82. The van der Waals surface area contributed by atoms with Gasteiger partial charge in [-0.05, 0) is 50.0 Å². The fourth-order valence-electron chi connectivity index (χ4n) is 2.98. The molecular formula is C21H26N4O3. The molecule has 2 aromatic carbocycles. The molecule has 7 nitrogen and oxygen atoms in total. The summed E-state index contributed by atoms with van der Waals surface area (Å²) in [6, 6.07) is 15.6. The van der Waals surface area contributed by atoms with Crippen LogP contribution in [0.4, 0.5) is 0 Å². The lowest BCUT2D eigenvalue weighted by Crippen LogP contribution is -2.21. The first-order valence-electron chi connectivity index (χ1n) is 9.12. The van der Waals surface area contributed by atoms with Gasteiger partial charge in [-0.3, -0.25) is 0 Å². The fraction of sp³-hybridized carbons (Fsp3) is 0.333. The van der Waals surface area contributed by atoms with Gasteiger partial charge < -0.3 is 19.8 Å². The van der Waals surface area contributed by atoms with E-state index in [4.69, 9.17) is 9.72 Å². The Bertz CT molecular complexity index is 906. The number of ether oxygens (including phenoxy) is 1. The molecule has 28 heavy (non-hydrogen) atoms. The number of aromatic nitrogens is 3. The zero-order valence-corrected chi connectivity index (χ0v) is 16.4. The molecule has 0 aliphatic rings. The number of hydrogen-bond acceptors (Lipinski definition) is 6. The van der Waals surface area contributed by atoms with E-state index >= 15 is 0 Å². The van der Waals surface area contributed by atoms with Gasteiger partial charge in [-0.15, -0.1) is 0 Å². The molecule has 0 aliphatic heterocycles. The first kappa shape index (κ1) is 20.0. The van der Waals surface area contributed by atoms with E-state index in [-0.39, 0.29) is 13.2 Å². The number of methoxy groups -OCH3 is 1. The summed E-state index contributed by atoms with van der Waals surface area (Å²) in [5.74, 6) is 1.96. The number of aliphatic hydroxyl groups is 2. The number of rotatable bonds is 8. The van der Waals surface area contributed by atoms with Crippen molar-refractivity contribution in [2.45, 2.75) is 19.2 Å². The van der Waals surface area contributed by atoms with Gasteiger partial charge >= 0.3 is 0 Å². The van der Waals surface area contributed by atoms with Gasteiger partial charge in [-0.2, -0.15) is 5.10 Å². The third-order valence-electron chi connectivity index (χ3n) is 4.30. The molecule has 1 aromatic heterocycles. The molecule has 0 spiro atoms. The molecule has 1 unspecified atom stereocenters. The molecule has 3 rings (SSSR count). The zero-order chi connectivity index (χ0) is 20.1. The van der Waals surface area contributed by atoms with Crippen LogP contribution in [0.25, 0.3) is 22.8 Å². The largest absolute Gasteiger partial charge is 0.497 e. The van der Waals surface area contributed by atoms with Crippen molar-refractivity contribution in [3.8, 4) is 28.5 Å². The SMILES string of the molecule is COc1ccc(-c2nc(-c3cccc(CN(C)C)c3)nn2CC(O)CO)cc1. The maximum Gasteiger partial charge on any atom is 0.181 e. The van der Waals surface area contributed by atoms with Crippen molar-refractivity contribution in [2.75, 3.05) is 27.8 Å². The van der Waals surface area contributed by atoms with Crippen molar-refractivity contribution in [3.63, 3.8) is 0 Å². The smallest absolute Gasteiger partial charge is 0.181 e. The fourth-order valence-corrected chi connectivity index (χ4v) is 2.98. The van der Waals surface area contributed by atoms with Crippen LogP contribution in [-0.4, -0.2) is 63.8 Å². The molecule has 3 aromatic rings. The molecule has 0 amide bonds. The first-order valence-corrected chi connectivity index (χ1v) is 9.12. The minimum Gasteiger partial charge on any atom is -0.497 e. The Hall–Kier alpha value is -2.74. The standard InChI is InChI=1S/C21H26N4O3/c1-24(2)12-15-5-4-6-17(11-15)20-22-21(25(23-20)13-18(27)14-26)16-7-9-19(28-3)10-8-16/h4-11,18,26-27H,12-14H2,1-3H3. The Balaban J connectivity index is 2.00. The van der Waals surface area contributed by atoms with Crippen molar-refractivity contribution in [3.05, 3.63) is 54.1 Å². The van der Waals surface area contributed by atoms with E-state index in [2.05, 4.69) is 22.1 Å². The van der Waals surface area contributed by atoms with Crippen LogP contribution in [0, 0.1) is 0 Å². The summed E-state index contributed by atoms with van der Waals surface area (Å²) in [6.07, 6.45) is -0.911. The monoisotopic (exact) mass is 382 g/mol. The van der Waals surface area contributed by atoms with E-state index in [0.717, 1.165) is 23.4 Å². The molecule has 0 fully saturated rings. The van der Waals surface area contributed by atoms with Gasteiger partial charge in [0.25, 0.3) is 0 Å². The Labute approximate surface area is 164 Å². The van der Waals surface area contributed by atoms with Crippen LogP contribution in [0.5, 0.6) is 5.75 Å². The number of nitrogens with zero attached hydrogens (tertiary/aromatic N) is 4. The van der Waals surface area contributed by atoms with Crippen molar-refractivity contribution < 1.29 is 14.9 Å². The quantitative estimate of drug-likeness (QED) is 0.620. The predicted molar refractivity (Wildman–Crippen MR) is 108 cm³/mol. The summed E-state index contributed by atoms with van der Waals surface area (Å²) in [5.41, 5.74) is 2.93. The van der Waals surface area contributed by atoms with Crippen LogP contribution in [0.15, 0.2) is 48.5 Å². The highest BCUT2D eigenvalue weighted by molar-refractivity contribution is 5.62. The second-order valence-electron chi connectivity index (χ2n) is 6.94. The minimum absolute atomic E-state index is 0.155. The molecule has 148 valence electrons. The highest BCUT2D eigenvalue weighted by Gasteiger charge is 2.16. The molecule has 0 saturated carbocycles. The van der Waals surface area contributed by atoms with Crippen LogP contribution in [-0.2, 0) is 13.1 Å². The number of aliphatic hydroxyl groups excluding tert-OH is 2. The van der Waals surface area contributed by atoms with Crippen LogP contribution < -0.4 is 4.74 Å². The lowest BCUT2D eigenvalue weighted by Gasteiger charge is -2.10. The normalized spacial score (nSPS) is 12.4. The minimum atomic E-state index is -0.911. The topological polar surface area (TPSA) is 83.6 Å². The van der Waals surface area contributed by atoms with Gasteiger partial charge in [0.1, 0.15) is 5.75 Å². The van der Waals surface area contributed by atoms with Crippen LogP contribution in [0.2, 0.25) is 0 Å². The molecular weight excluding hydrogens is 356 g/mol. The second-order valence-corrected chi connectivity index (χ2v) is 6.94. The maximum atomic E-state index is 9.92. The molecule has 0 radical (unpaired) electrons. The summed E-state index contributed by atoms with van der Waals surface area (Å²) in [6.45, 7) is 0.640. The number of benzene rings is 2. The lowest BCUT2D eigenvalue weighted by molar-refractivity contribution is 0.0786. The number of hydrogen-bond donors (Lipinski definition) is 2. The van der Waals surface area contributed by atoms with Gasteiger partial charge in [-0.1, -0.05) is 18.2 Å². The highest BCUT2D eigenvalue weighted by Crippen LogP contribution is 2.25. The van der Waals surface area contributed by atoms with Gasteiger partial charge in [0.15, 0.2) is 11.6 Å². The van der Waals surface area contributed by atoms with E-state index in [0.29, 0.717) is 11.6 Å². The molecule has 1 heterocycles. The van der Waals surface area contributed by atoms with Crippen molar-refractivity contribution in [1.29, 1.82) is 0 Å². The average molecular weight is 382 g/mol. The summed E-state index contributed by atoms with van der Waals surface area (Å²) < 4.78 is 6.85. The Morgan fingerprint density at radius 3 is 2.50 bits per heavy atom. The molecule has 0 aliphatic carbocycles.